The number of amides is 2. The summed E-state index contributed by atoms with van der Waals surface area (Å²) in [5.74, 6) is -0.427. The van der Waals surface area contributed by atoms with Gasteiger partial charge in [-0.2, -0.15) is 0 Å². The molecule has 2 amide bonds. The molecule has 1 fully saturated rings. The second-order valence-electron chi connectivity index (χ2n) is 6.65. The van der Waals surface area contributed by atoms with Crippen molar-refractivity contribution < 1.29 is 39.1 Å². The lowest BCUT2D eigenvalue weighted by atomic mass is 9.97. The molecule has 1 aliphatic rings. The summed E-state index contributed by atoms with van der Waals surface area (Å²) in [6, 6.07) is 8.29. The van der Waals surface area contributed by atoms with Gasteiger partial charge < -0.3 is 40.2 Å². The van der Waals surface area contributed by atoms with E-state index < -0.39 is 49.3 Å². The standard InChI is InChI=1S/C19H28N2O8/c1-12(23)21-15-17(25)16(24)14(10-22)29-18(15)27-9-5-8-20-19(26)28-11-13-6-3-2-4-7-13/h2-4,6-7,14-18,22,24-25H,5,8-11H2,1H3,(H,20,26)(H,21,23)/t14-,15-,16-,17-,18-/m1/s1. The molecule has 5 N–H and O–H groups in total. The zero-order valence-electron chi connectivity index (χ0n) is 16.2. The van der Waals surface area contributed by atoms with E-state index in [1.54, 1.807) is 0 Å². The molecule has 0 aliphatic carbocycles. The first kappa shape index (κ1) is 23.0. The van der Waals surface area contributed by atoms with Crippen LogP contribution in [0, 0.1) is 0 Å². The molecule has 0 saturated carbocycles. The summed E-state index contributed by atoms with van der Waals surface area (Å²) in [4.78, 5) is 23.0. The minimum absolute atomic E-state index is 0.140. The average molecular weight is 412 g/mol. The summed E-state index contributed by atoms with van der Waals surface area (Å²) in [6.45, 7) is 1.33. The van der Waals surface area contributed by atoms with Crippen molar-refractivity contribution in [3.8, 4) is 0 Å². The first-order valence-electron chi connectivity index (χ1n) is 9.38. The molecule has 10 nitrogen and oxygen atoms in total. The van der Waals surface area contributed by atoms with E-state index in [0.717, 1.165) is 5.56 Å². The van der Waals surface area contributed by atoms with Crippen molar-refractivity contribution in [1.29, 1.82) is 0 Å². The van der Waals surface area contributed by atoms with Crippen LogP contribution in [-0.4, -0.2) is 77.7 Å². The third kappa shape index (κ3) is 7.26. The molecule has 1 saturated heterocycles. The number of benzene rings is 1. The van der Waals surface area contributed by atoms with E-state index in [9.17, 15) is 24.9 Å². The predicted octanol–water partition coefficient (Wildman–Crippen LogP) is -0.737. The third-order valence-electron chi connectivity index (χ3n) is 4.34. The third-order valence-corrected chi connectivity index (χ3v) is 4.34. The zero-order valence-corrected chi connectivity index (χ0v) is 16.2. The van der Waals surface area contributed by atoms with Crippen molar-refractivity contribution in [2.75, 3.05) is 19.8 Å². The number of ether oxygens (including phenoxy) is 3. The molecule has 29 heavy (non-hydrogen) atoms. The molecular weight excluding hydrogens is 384 g/mol. The number of nitrogens with one attached hydrogen (secondary N) is 2. The highest BCUT2D eigenvalue weighted by atomic mass is 16.7. The van der Waals surface area contributed by atoms with Crippen LogP contribution in [0.5, 0.6) is 0 Å². The van der Waals surface area contributed by atoms with Crippen LogP contribution in [0.1, 0.15) is 18.9 Å². The Morgan fingerprint density at radius 1 is 1.17 bits per heavy atom. The monoisotopic (exact) mass is 412 g/mol. The number of carbonyl (C=O) groups excluding carboxylic acids is 2. The van der Waals surface area contributed by atoms with Gasteiger partial charge in [0.05, 0.1) is 13.2 Å². The largest absolute Gasteiger partial charge is 0.445 e. The van der Waals surface area contributed by atoms with E-state index in [1.807, 2.05) is 30.3 Å². The first-order valence-corrected chi connectivity index (χ1v) is 9.38. The number of aliphatic hydroxyl groups is 3. The fourth-order valence-electron chi connectivity index (χ4n) is 2.85. The van der Waals surface area contributed by atoms with Crippen molar-refractivity contribution in [3.05, 3.63) is 35.9 Å². The second-order valence-corrected chi connectivity index (χ2v) is 6.65. The van der Waals surface area contributed by atoms with Crippen LogP contribution in [0.25, 0.3) is 0 Å². The Hall–Kier alpha value is -2.24. The highest BCUT2D eigenvalue weighted by Crippen LogP contribution is 2.22. The Balaban J connectivity index is 1.71. The molecule has 10 heteroatoms. The molecule has 0 bridgehead atoms. The van der Waals surface area contributed by atoms with Crippen LogP contribution in [-0.2, 0) is 25.6 Å². The fraction of sp³-hybridized carbons (Fsp3) is 0.579. The summed E-state index contributed by atoms with van der Waals surface area (Å²) in [5.41, 5.74) is 0.878. The van der Waals surface area contributed by atoms with Crippen molar-refractivity contribution in [2.24, 2.45) is 0 Å². The van der Waals surface area contributed by atoms with Gasteiger partial charge in [0.15, 0.2) is 6.29 Å². The fourth-order valence-corrected chi connectivity index (χ4v) is 2.85. The van der Waals surface area contributed by atoms with Crippen LogP contribution >= 0.6 is 0 Å². The van der Waals surface area contributed by atoms with Crippen molar-refractivity contribution in [1.82, 2.24) is 10.6 Å². The lowest BCUT2D eigenvalue weighted by Crippen LogP contribution is -2.64. The molecular formula is C19H28N2O8. The van der Waals surface area contributed by atoms with E-state index in [0.29, 0.717) is 6.42 Å². The highest BCUT2D eigenvalue weighted by Gasteiger charge is 2.45. The quantitative estimate of drug-likeness (QED) is 0.334. The van der Waals surface area contributed by atoms with Gasteiger partial charge in [-0.05, 0) is 12.0 Å². The van der Waals surface area contributed by atoms with Gasteiger partial charge in [-0.1, -0.05) is 30.3 Å². The summed E-state index contributed by atoms with van der Waals surface area (Å²) >= 11 is 0. The average Bonchev–Trinajstić information content (AvgIpc) is 2.71. The second kappa shape index (κ2) is 11.7. The molecule has 0 spiro atoms. The maximum atomic E-state index is 11.7. The number of hydrogen-bond donors (Lipinski definition) is 5. The summed E-state index contributed by atoms with van der Waals surface area (Å²) < 4.78 is 16.1. The summed E-state index contributed by atoms with van der Waals surface area (Å²) in [5, 5.41) is 34.5. The van der Waals surface area contributed by atoms with Gasteiger partial charge in [-0.3, -0.25) is 4.79 Å². The molecule has 1 heterocycles. The molecule has 0 unspecified atom stereocenters. The van der Waals surface area contributed by atoms with Gasteiger partial charge >= 0.3 is 6.09 Å². The van der Waals surface area contributed by atoms with Crippen LogP contribution in [0.4, 0.5) is 4.79 Å². The van der Waals surface area contributed by atoms with Gasteiger partial charge in [0.25, 0.3) is 0 Å². The number of rotatable bonds is 9. The van der Waals surface area contributed by atoms with Gasteiger partial charge in [0.2, 0.25) is 5.91 Å². The van der Waals surface area contributed by atoms with Crippen LogP contribution in [0.3, 0.4) is 0 Å². The van der Waals surface area contributed by atoms with E-state index in [1.165, 1.54) is 6.92 Å². The molecule has 1 aromatic rings. The summed E-state index contributed by atoms with van der Waals surface area (Å²) in [6.07, 6.45) is -4.96. The van der Waals surface area contributed by atoms with Crippen LogP contribution in [0.15, 0.2) is 30.3 Å². The highest BCUT2D eigenvalue weighted by molar-refractivity contribution is 5.73. The van der Waals surface area contributed by atoms with Crippen LogP contribution < -0.4 is 10.6 Å². The Bertz CT molecular complexity index is 644. The molecule has 2 rings (SSSR count). The van der Waals surface area contributed by atoms with E-state index >= 15 is 0 Å². The number of carbonyl (C=O) groups is 2. The molecule has 0 aromatic heterocycles. The molecule has 1 aromatic carbocycles. The maximum absolute atomic E-state index is 11.7. The Kier molecular flexibility index (Phi) is 9.29. The van der Waals surface area contributed by atoms with Gasteiger partial charge in [-0.25, -0.2) is 4.79 Å². The van der Waals surface area contributed by atoms with Crippen molar-refractivity contribution in [3.63, 3.8) is 0 Å². The first-order chi connectivity index (χ1) is 13.9. The minimum atomic E-state index is -1.36. The zero-order chi connectivity index (χ0) is 21.2. The minimum Gasteiger partial charge on any atom is -0.445 e. The maximum Gasteiger partial charge on any atom is 0.407 e. The number of alkyl carbamates (subject to hydrolysis) is 1. The van der Waals surface area contributed by atoms with E-state index in [2.05, 4.69) is 10.6 Å². The molecule has 162 valence electrons. The lowest BCUT2D eigenvalue weighted by Gasteiger charge is -2.42. The summed E-state index contributed by atoms with van der Waals surface area (Å²) in [7, 11) is 0. The topological polar surface area (TPSA) is 147 Å². The Morgan fingerprint density at radius 2 is 1.90 bits per heavy atom. The molecule has 1 aliphatic heterocycles. The van der Waals surface area contributed by atoms with Gasteiger partial charge in [0, 0.05) is 13.5 Å². The van der Waals surface area contributed by atoms with Crippen molar-refractivity contribution >= 4 is 12.0 Å². The predicted molar refractivity (Wildman–Crippen MR) is 101 cm³/mol. The lowest BCUT2D eigenvalue weighted by molar-refractivity contribution is -0.270. The van der Waals surface area contributed by atoms with E-state index in [-0.39, 0.29) is 19.8 Å². The SMILES string of the molecule is CC(=O)N[C@H]1[C@H](OCCCNC(=O)OCc2ccccc2)O[C@H](CO)[C@@H](O)[C@@H]1O. The Morgan fingerprint density at radius 3 is 2.55 bits per heavy atom. The molecule has 0 radical (unpaired) electrons. The van der Waals surface area contributed by atoms with Gasteiger partial charge in [0.1, 0.15) is 31.0 Å². The normalized spacial score (nSPS) is 26.6. The van der Waals surface area contributed by atoms with Crippen LogP contribution in [0.2, 0.25) is 0 Å². The number of aliphatic hydroxyl groups excluding tert-OH is 3. The smallest absolute Gasteiger partial charge is 0.407 e. The molecule has 5 atom stereocenters. The van der Waals surface area contributed by atoms with Gasteiger partial charge in [-0.15, -0.1) is 0 Å². The number of hydrogen-bond acceptors (Lipinski definition) is 8. The van der Waals surface area contributed by atoms with E-state index in [4.69, 9.17) is 14.2 Å². The van der Waals surface area contributed by atoms with Crippen molar-refractivity contribution in [2.45, 2.75) is 50.6 Å². The Labute approximate surface area is 168 Å².